The molecule has 3 rings (SSSR count). The van der Waals surface area contributed by atoms with Gasteiger partial charge >= 0.3 is 0 Å². The average molecular weight is 222 g/mol. The van der Waals surface area contributed by atoms with Crippen molar-refractivity contribution in [3.8, 4) is 0 Å². The number of fused-ring (bicyclic) bond motifs is 1. The monoisotopic (exact) mass is 222 g/mol. The second kappa shape index (κ2) is 3.85. The van der Waals surface area contributed by atoms with Crippen LogP contribution < -0.4 is 0 Å². The van der Waals surface area contributed by atoms with Gasteiger partial charge in [0.25, 0.3) is 0 Å². The molecule has 1 atom stereocenters. The van der Waals surface area contributed by atoms with E-state index in [9.17, 15) is 4.79 Å². The largest absolute Gasteiger partial charge is 0.294 e. The van der Waals surface area contributed by atoms with Crippen molar-refractivity contribution in [3.05, 3.63) is 70.8 Å². The van der Waals surface area contributed by atoms with E-state index in [0.717, 1.165) is 5.56 Å². The molecule has 0 saturated heterocycles. The Morgan fingerprint density at radius 3 is 2.35 bits per heavy atom. The Kier molecular flexibility index (Phi) is 2.32. The Morgan fingerprint density at radius 2 is 1.59 bits per heavy atom. The molecule has 0 amide bonds. The first-order chi connectivity index (χ1) is 8.27. The Morgan fingerprint density at radius 1 is 0.941 bits per heavy atom. The zero-order valence-electron chi connectivity index (χ0n) is 9.81. The predicted octanol–water partition coefficient (Wildman–Crippen LogP) is 3.71. The molecule has 1 aliphatic carbocycles. The topological polar surface area (TPSA) is 17.1 Å². The minimum Gasteiger partial charge on any atom is -0.294 e. The molecule has 1 aliphatic rings. The van der Waals surface area contributed by atoms with E-state index in [-0.39, 0.29) is 11.7 Å². The number of carbonyl (C=O) groups excluding carboxylic acids is 1. The minimum atomic E-state index is 0.250. The number of ketones is 1. The summed E-state index contributed by atoms with van der Waals surface area (Å²) in [7, 11) is 0. The van der Waals surface area contributed by atoms with Gasteiger partial charge in [-0.1, -0.05) is 48.5 Å². The smallest absolute Gasteiger partial charge is 0.164 e. The normalized spacial score (nSPS) is 18.2. The Bertz CT molecular complexity index is 584. The second-order valence-corrected chi connectivity index (χ2v) is 4.62. The molecule has 17 heavy (non-hydrogen) atoms. The van der Waals surface area contributed by atoms with Crippen LogP contribution >= 0.6 is 0 Å². The van der Waals surface area contributed by atoms with E-state index in [0.29, 0.717) is 6.42 Å². The van der Waals surface area contributed by atoms with Crippen molar-refractivity contribution in [2.45, 2.75) is 19.3 Å². The standard InChI is InChI=1S/C16H14O/c1-11-6-2-3-7-12(11)15-10-16(17)14-9-5-4-8-13(14)15/h2-9,15H,10H2,1H3/t15-/m0/s1. The third kappa shape index (κ3) is 1.59. The number of hydrogen-bond donors (Lipinski definition) is 0. The van der Waals surface area contributed by atoms with Crippen molar-refractivity contribution in [1.29, 1.82) is 0 Å². The molecule has 2 aromatic rings. The fourth-order valence-electron chi connectivity index (χ4n) is 2.72. The summed E-state index contributed by atoms with van der Waals surface area (Å²) in [6.45, 7) is 2.11. The van der Waals surface area contributed by atoms with Crippen molar-refractivity contribution in [3.63, 3.8) is 0 Å². The quantitative estimate of drug-likeness (QED) is 0.718. The SMILES string of the molecule is Cc1ccccc1[C@@H]1CC(=O)c2ccccc21. The molecular formula is C16H14O. The molecule has 0 heterocycles. The van der Waals surface area contributed by atoms with E-state index in [4.69, 9.17) is 0 Å². The van der Waals surface area contributed by atoms with Gasteiger partial charge in [0.1, 0.15) is 0 Å². The van der Waals surface area contributed by atoms with Crippen LogP contribution in [0.2, 0.25) is 0 Å². The lowest BCUT2D eigenvalue weighted by molar-refractivity contribution is 0.0991. The predicted molar refractivity (Wildman–Crippen MR) is 68.4 cm³/mol. The highest BCUT2D eigenvalue weighted by Crippen LogP contribution is 2.38. The molecule has 0 saturated carbocycles. The van der Waals surface area contributed by atoms with Gasteiger partial charge in [-0.3, -0.25) is 4.79 Å². The molecule has 0 bridgehead atoms. The molecule has 1 heteroatoms. The first-order valence-electron chi connectivity index (χ1n) is 5.95. The molecule has 0 radical (unpaired) electrons. The number of aryl methyl sites for hydroxylation is 1. The lowest BCUT2D eigenvalue weighted by Gasteiger charge is -2.13. The van der Waals surface area contributed by atoms with Gasteiger partial charge in [0, 0.05) is 17.9 Å². The van der Waals surface area contributed by atoms with E-state index in [2.05, 4.69) is 25.1 Å². The minimum absolute atomic E-state index is 0.250. The molecule has 1 nitrogen and oxygen atoms in total. The fraction of sp³-hybridized carbons (Fsp3) is 0.188. The number of benzene rings is 2. The van der Waals surface area contributed by atoms with Crippen LogP contribution in [0.5, 0.6) is 0 Å². The van der Waals surface area contributed by atoms with Crippen LogP contribution in [0.4, 0.5) is 0 Å². The summed E-state index contributed by atoms with van der Waals surface area (Å²) in [6.07, 6.45) is 0.615. The Hall–Kier alpha value is -1.89. The summed E-state index contributed by atoms with van der Waals surface area (Å²) in [5.74, 6) is 0.522. The number of hydrogen-bond acceptors (Lipinski definition) is 1. The maximum Gasteiger partial charge on any atom is 0.164 e. The third-order valence-electron chi connectivity index (χ3n) is 3.59. The molecule has 0 unspecified atom stereocenters. The van der Waals surface area contributed by atoms with Gasteiger partial charge in [-0.05, 0) is 23.6 Å². The van der Waals surface area contributed by atoms with Crippen LogP contribution in [0, 0.1) is 6.92 Å². The lowest BCUT2D eigenvalue weighted by atomic mass is 9.90. The van der Waals surface area contributed by atoms with Crippen molar-refractivity contribution < 1.29 is 4.79 Å². The second-order valence-electron chi connectivity index (χ2n) is 4.62. The maximum absolute atomic E-state index is 12.0. The Labute approximate surface area is 101 Å². The van der Waals surface area contributed by atoms with Crippen molar-refractivity contribution in [2.75, 3.05) is 0 Å². The third-order valence-corrected chi connectivity index (χ3v) is 3.59. The van der Waals surface area contributed by atoms with Gasteiger partial charge in [-0.2, -0.15) is 0 Å². The van der Waals surface area contributed by atoms with E-state index < -0.39 is 0 Å². The lowest BCUT2D eigenvalue weighted by Crippen LogP contribution is -1.99. The van der Waals surface area contributed by atoms with Crippen molar-refractivity contribution in [1.82, 2.24) is 0 Å². The van der Waals surface area contributed by atoms with Crippen LogP contribution in [0.25, 0.3) is 0 Å². The van der Waals surface area contributed by atoms with E-state index in [1.165, 1.54) is 16.7 Å². The van der Waals surface area contributed by atoms with Gasteiger partial charge in [-0.25, -0.2) is 0 Å². The molecule has 0 N–H and O–H groups in total. The van der Waals surface area contributed by atoms with E-state index >= 15 is 0 Å². The Balaban J connectivity index is 2.14. The summed E-state index contributed by atoms with van der Waals surface area (Å²) in [4.78, 5) is 12.0. The molecule has 2 aromatic carbocycles. The van der Waals surface area contributed by atoms with Crippen LogP contribution in [0.1, 0.15) is 39.4 Å². The van der Waals surface area contributed by atoms with Crippen LogP contribution in [0.15, 0.2) is 48.5 Å². The summed E-state index contributed by atoms with van der Waals surface area (Å²) in [5, 5.41) is 0. The fourth-order valence-corrected chi connectivity index (χ4v) is 2.72. The van der Waals surface area contributed by atoms with Gasteiger partial charge in [0.2, 0.25) is 0 Å². The zero-order valence-corrected chi connectivity index (χ0v) is 9.81. The number of carbonyl (C=O) groups is 1. The highest BCUT2D eigenvalue weighted by atomic mass is 16.1. The first-order valence-corrected chi connectivity index (χ1v) is 5.95. The van der Waals surface area contributed by atoms with E-state index in [1.54, 1.807) is 0 Å². The maximum atomic E-state index is 12.0. The van der Waals surface area contributed by atoms with Crippen molar-refractivity contribution in [2.24, 2.45) is 0 Å². The van der Waals surface area contributed by atoms with Gasteiger partial charge in [0.15, 0.2) is 5.78 Å². The summed E-state index contributed by atoms with van der Waals surface area (Å²) in [5.41, 5.74) is 4.64. The average Bonchev–Trinajstić information content (AvgIpc) is 2.68. The van der Waals surface area contributed by atoms with Crippen LogP contribution in [0.3, 0.4) is 0 Å². The van der Waals surface area contributed by atoms with Gasteiger partial charge < -0.3 is 0 Å². The summed E-state index contributed by atoms with van der Waals surface area (Å²) < 4.78 is 0. The summed E-state index contributed by atoms with van der Waals surface area (Å²) in [6, 6.07) is 16.3. The van der Waals surface area contributed by atoms with E-state index in [1.807, 2.05) is 30.3 Å². The molecule has 0 aliphatic heterocycles. The van der Waals surface area contributed by atoms with Crippen molar-refractivity contribution >= 4 is 5.78 Å². The molecule has 0 spiro atoms. The van der Waals surface area contributed by atoms with Crippen LogP contribution in [-0.4, -0.2) is 5.78 Å². The molecular weight excluding hydrogens is 208 g/mol. The van der Waals surface area contributed by atoms with Gasteiger partial charge in [0.05, 0.1) is 0 Å². The summed E-state index contributed by atoms with van der Waals surface area (Å²) >= 11 is 0. The molecule has 84 valence electrons. The van der Waals surface area contributed by atoms with Gasteiger partial charge in [-0.15, -0.1) is 0 Å². The van der Waals surface area contributed by atoms with Crippen LogP contribution in [-0.2, 0) is 0 Å². The molecule has 0 aromatic heterocycles. The number of rotatable bonds is 1. The molecule has 0 fully saturated rings. The first kappa shape index (κ1) is 10.3. The highest BCUT2D eigenvalue weighted by Gasteiger charge is 2.30. The number of Topliss-reactive ketones (excluding diaryl/α,β-unsaturated/α-hetero) is 1. The zero-order chi connectivity index (χ0) is 11.8. The highest BCUT2D eigenvalue weighted by molar-refractivity contribution is 6.01.